The number of aliphatic hydroxyl groups excluding tert-OH is 1. The van der Waals surface area contributed by atoms with Gasteiger partial charge in [-0.25, -0.2) is 0 Å². The van der Waals surface area contributed by atoms with Crippen molar-refractivity contribution in [2.24, 2.45) is 0 Å². The van der Waals surface area contributed by atoms with E-state index in [4.69, 9.17) is 9.90 Å². The highest BCUT2D eigenvalue weighted by atomic mass is 32.2. The molecule has 1 aliphatic rings. The van der Waals surface area contributed by atoms with E-state index in [1.807, 2.05) is 17.8 Å². The largest absolute Gasteiger partial charge is 0.481 e. The van der Waals surface area contributed by atoms with Crippen LogP contribution in [0.2, 0.25) is 0 Å². The van der Waals surface area contributed by atoms with Crippen molar-refractivity contribution in [1.29, 1.82) is 0 Å². The van der Waals surface area contributed by atoms with Gasteiger partial charge in [-0.1, -0.05) is 44.2 Å². The topological polar surface area (TPSA) is 57.5 Å². The molecule has 0 saturated carbocycles. The molecule has 0 aromatic heterocycles. The predicted molar refractivity (Wildman–Crippen MR) is 79.4 cm³/mol. The fourth-order valence-electron chi connectivity index (χ4n) is 2.25. The zero-order valence-electron chi connectivity index (χ0n) is 11.7. The van der Waals surface area contributed by atoms with Crippen LogP contribution in [0.3, 0.4) is 0 Å². The Kier molecular flexibility index (Phi) is 5.88. The second-order valence-electron chi connectivity index (χ2n) is 5.39. The molecule has 2 N–H and O–H groups in total. The van der Waals surface area contributed by atoms with Gasteiger partial charge in [0.05, 0.1) is 6.10 Å². The normalized spacial score (nSPS) is 25.1. The zero-order chi connectivity index (χ0) is 14.5. The van der Waals surface area contributed by atoms with Crippen molar-refractivity contribution < 1.29 is 15.0 Å². The molecule has 1 aliphatic heterocycles. The van der Waals surface area contributed by atoms with Crippen LogP contribution in [-0.4, -0.2) is 27.0 Å². The molecule has 2 rings (SSSR count). The Morgan fingerprint density at radius 2 is 1.84 bits per heavy atom. The summed E-state index contributed by atoms with van der Waals surface area (Å²) in [5.74, 6) is -0.833. The molecular formula is C15H22O3S. The van der Waals surface area contributed by atoms with Crippen LogP contribution in [0.25, 0.3) is 0 Å². The number of benzene rings is 1. The number of hydrogen-bond donors (Lipinski definition) is 2. The van der Waals surface area contributed by atoms with Gasteiger partial charge in [0.2, 0.25) is 0 Å². The molecule has 0 bridgehead atoms. The van der Waals surface area contributed by atoms with E-state index in [-0.39, 0.29) is 10.9 Å². The molecule has 1 fully saturated rings. The van der Waals surface area contributed by atoms with E-state index < -0.39 is 5.97 Å². The Morgan fingerprint density at radius 1 is 1.32 bits per heavy atom. The number of thioether (sulfide) groups is 1. The van der Waals surface area contributed by atoms with Crippen LogP contribution in [0.5, 0.6) is 0 Å². The summed E-state index contributed by atoms with van der Waals surface area (Å²) >= 11 is 1.99. The third-order valence-corrected chi connectivity index (χ3v) is 4.40. The molecular weight excluding hydrogens is 260 g/mol. The first-order valence-corrected chi connectivity index (χ1v) is 7.28. The summed E-state index contributed by atoms with van der Waals surface area (Å²) < 4.78 is 0.193. The second-order valence-corrected chi connectivity index (χ2v) is 7.30. The van der Waals surface area contributed by atoms with Gasteiger partial charge in [-0.15, -0.1) is 11.8 Å². The van der Waals surface area contributed by atoms with Gasteiger partial charge in [0.25, 0.3) is 5.97 Å². The van der Waals surface area contributed by atoms with E-state index in [0.717, 1.165) is 19.8 Å². The highest BCUT2D eigenvalue weighted by Crippen LogP contribution is 2.48. The van der Waals surface area contributed by atoms with Crippen LogP contribution < -0.4 is 0 Å². The maximum atomic E-state index is 9.86. The van der Waals surface area contributed by atoms with Crippen LogP contribution in [-0.2, 0) is 4.79 Å². The molecule has 0 amide bonds. The fraction of sp³-hybridized carbons (Fsp3) is 0.533. The molecule has 0 radical (unpaired) electrons. The molecule has 1 saturated heterocycles. The predicted octanol–water partition coefficient (Wildman–Crippen LogP) is 3.49. The van der Waals surface area contributed by atoms with Crippen molar-refractivity contribution in [2.75, 3.05) is 0 Å². The lowest BCUT2D eigenvalue weighted by Gasteiger charge is -2.37. The third kappa shape index (κ3) is 6.12. The van der Waals surface area contributed by atoms with Crippen LogP contribution >= 0.6 is 11.8 Å². The van der Waals surface area contributed by atoms with Crippen LogP contribution in [0.1, 0.15) is 44.4 Å². The first-order chi connectivity index (χ1) is 8.80. The van der Waals surface area contributed by atoms with Crippen molar-refractivity contribution in [3.63, 3.8) is 0 Å². The molecule has 19 heavy (non-hydrogen) atoms. The first kappa shape index (κ1) is 16.1. The SMILES string of the molecule is CC(=O)O.CC1(C)C[C@@H](O)C[C@H](c2ccccc2)S1. The Balaban J connectivity index is 0.000000399. The number of hydrogen-bond acceptors (Lipinski definition) is 3. The molecule has 106 valence electrons. The number of carboxylic acids is 1. The van der Waals surface area contributed by atoms with Gasteiger partial charge < -0.3 is 10.2 Å². The average Bonchev–Trinajstić information content (AvgIpc) is 2.26. The first-order valence-electron chi connectivity index (χ1n) is 6.40. The Bertz CT molecular complexity index is 399. The quantitative estimate of drug-likeness (QED) is 0.828. The van der Waals surface area contributed by atoms with E-state index in [0.29, 0.717) is 5.25 Å². The highest BCUT2D eigenvalue weighted by molar-refractivity contribution is 8.00. The summed E-state index contributed by atoms with van der Waals surface area (Å²) in [6.07, 6.45) is 1.64. The van der Waals surface area contributed by atoms with Crippen LogP contribution in [0, 0.1) is 0 Å². The monoisotopic (exact) mass is 282 g/mol. The van der Waals surface area contributed by atoms with Crippen molar-refractivity contribution in [2.45, 2.75) is 49.7 Å². The third-order valence-electron chi connectivity index (χ3n) is 2.85. The van der Waals surface area contributed by atoms with Gasteiger partial charge in [-0.05, 0) is 18.4 Å². The van der Waals surface area contributed by atoms with Crippen molar-refractivity contribution in [3.8, 4) is 0 Å². The van der Waals surface area contributed by atoms with E-state index in [1.54, 1.807) is 0 Å². The Labute approximate surface area is 119 Å². The van der Waals surface area contributed by atoms with Crippen LogP contribution in [0.4, 0.5) is 0 Å². The summed E-state index contributed by atoms with van der Waals surface area (Å²) in [6, 6.07) is 10.5. The summed E-state index contributed by atoms with van der Waals surface area (Å²) in [5, 5.41) is 17.7. The minimum atomic E-state index is -0.833. The molecule has 1 aromatic carbocycles. The average molecular weight is 282 g/mol. The van der Waals surface area contributed by atoms with Crippen molar-refractivity contribution >= 4 is 17.7 Å². The molecule has 1 aromatic rings. The molecule has 4 heteroatoms. The minimum absolute atomic E-state index is 0.147. The second kappa shape index (κ2) is 6.96. The molecule has 2 atom stereocenters. The van der Waals surface area contributed by atoms with Gasteiger partial charge in [-0.3, -0.25) is 4.79 Å². The Morgan fingerprint density at radius 3 is 2.32 bits per heavy atom. The van der Waals surface area contributed by atoms with Gasteiger partial charge >= 0.3 is 0 Å². The number of aliphatic hydroxyl groups is 1. The lowest BCUT2D eigenvalue weighted by molar-refractivity contribution is -0.134. The van der Waals surface area contributed by atoms with E-state index >= 15 is 0 Å². The van der Waals surface area contributed by atoms with Gasteiger partial charge in [0.15, 0.2) is 0 Å². The molecule has 0 aliphatic carbocycles. The lowest BCUT2D eigenvalue weighted by Crippen LogP contribution is -2.31. The van der Waals surface area contributed by atoms with E-state index in [1.165, 1.54) is 5.56 Å². The summed E-state index contributed by atoms with van der Waals surface area (Å²) in [6.45, 7) is 5.52. The summed E-state index contributed by atoms with van der Waals surface area (Å²) in [4.78, 5) is 9.00. The van der Waals surface area contributed by atoms with Gasteiger partial charge in [0, 0.05) is 16.9 Å². The van der Waals surface area contributed by atoms with Crippen LogP contribution in [0.15, 0.2) is 30.3 Å². The van der Waals surface area contributed by atoms with Crippen molar-refractivity contribution in [1.82, 2.24) is 0 Å². The van der Waals surface area contributed by atoms with E-state index in [9.17, 15) is 5.11 Å². The lowest BCUT2D eigenvalue weighted by atomic mass is 9.97. The number of carbonyl (C=O) groups is 1. The number of rotatable bonds is 1. The number of aliphatic carboxylic acids is 1. The molecule has 3 nitrogen and oxygen atoms in total. The standard InChI is InChI=1S/C13H18OS.C2H4O2/c1-13(2)9-11(14)8-12(15-13)10-6-4-3-5-7-10;1-2(3)4/h3-7,11-12,14H,8-9H2,1-2H3;1H3,(H,3,4)/t11-,12+;/m0./s1. The fourth-order valence-corrected chi connectivity index (χ4v) is 3.92. The maximum Gasteiger partial charge on any atom is 0.300 e. The summed E-state index contributed by atoms with van der Waals surface area (Å²) in [5.41, 5.74) is 1.34. The summed E-state index contributed by atoms with van der Waals surface area (Å²) in [7, 11) is 0. The maximum absolute atomic E-state index is 9.86. The molecule has 0 spiro atoms. The van der Waals surface area contributed by atoms with Gasteiger partial charge in [0.1, 0.15) is 0 Å². The van der Waals surface area contributed by atoms with Crippen molar-refractivity contribution in [3.05, 3.63) is 35.9 Å². The molecule has 0 unspecified atom stereocenters. The molecule has 1 heterocycles. The zero-order valence-corrected chi connectivity index (χ0v) is 12.5. The van der Waals surface area contributed by atoms with E-state index in [2.05, 4.69) is 38.1 Å². The highest BCUT2D eigenvalue weighted by Gasteiger charge is 2.34. The number of carboxylic acid groups (broad SMARTS) is 1. The Hall–Kier alpha value is -1.00. The minimum Gasteiger partial charge on any atom is -0.481 e. The van der Waals surface area contributed by atoms with Gasteiger partial charge in [-0.2, -0.15) is 0 Å². The smallest absolute Gasteiger partial charge is 0.300 e.